The van der Waals surface area contributed by atoms with Crippen LogP contribution in [-0.4, -0.2) is 14.2 Å². The lowest BCUT2D eigenvalue weighted by molar-refractivity contribution is 0.410. The molecule has 0 bridgehead atoms. The Labute approximate surface area is 120 Å². The van der Waals surface area contributed by atoms with Gasteiger partial charge in [0, 0.05) is 16.1 Å². The summed E-state index contributed by atoms with van der Waals surface area (Å²) >= 11 is 3.50. The number of ether oxygens (including phenoxy) is 1. The SMILES string of the molecule is CNC(c1ccc(OC)cc1F)c1ccccc1Br. The Kier molecular flexibility index (Phi) is 4.56. The van der Waals surface area contributed by atoms with E-state index in [2.05, 4.69) is 21.2 Å². The molecule has 1 N–H and O–H groups in total. The van der Waals surface area contributed by atoms with Crippen molar-refractivity contribution in [1.82, 2.24) is 5.32 Å². The molecule has 2 aromatic carbocycles. The summed E-state index contributed by atoms with van der Waals surface area (Å²) in [5.41, 5.74) is 1.59. The van der Waals surface area contributed by atoms with Crippen LogP contribution in [0.25, 0.3) is 0 Å². The lowest BCUT2D eigenvalue weighted by Crippen LogP contribution is -2.19. The van der Waals surface area contributed by atoms with E-state index in [1.807, 2.05) is 31.3 Å². The number of methoxy groups -OCH3 is 1. The van der Waals surface area contributed by atoms with Crippen LogP contribution < -0.4 is 10.1 Å². The molecule has 2 rings (SSSR count). The van der Waals surface area contributed by atoms with Crippen LogP contribution in [0.2, 0.25) is 0 Å². The van der Waals surface area contributed by atoms with E-state index in [-0.39, 0.29) is 11.9 Å². The highest BCUT2D eigenvalue weighted by Gasteiger charge is 2.18. The molecule has 1 unspecified atom stereocenters. The fourth-order valence-electron chi connectivity index (χ4n) is 2.06. The standard InChI is InChI=1S/C15H15BrFNO/c1-18-15(11-5-3-4-6-13(11)16)12-8-7-10(19-2)9-14(12)17/h3-9,15,18H,1-2H3. The maximum absolute atomic E-state index is 14.2. The average molecular weight is 324 g/mol. The summed E-state index contributed by atoms with van der Waals surface area (Å²) in [5, 5.41) is 3.14. The summed E-state index contributed by atoms with van der Waals surface area (Å²) in [6.45, 7) is 0. The first-order chi connectivity index (χ1) is 9.17. The Morgan fingerprint density at radius 2 is 1.89 bits per heavy atom. The minimum atomic E-state index is -0.283. The zero-order chi connectivity index (χ0) is 13.8. The third-order valence-electron chi connectivity index (χ3n) is 3.02. The molecule has 0 aliphatic carbocycles. The molecule has 0 heterocycles. The van der Waals surface area contributed by atoms with Crippen molar-refractivity contribution < 1.29 is 9.13 Å². The van der Waals surface area contributed by atoms with Gasteiger partial charge in [0.1, 0.15) is 11.6 Å². The first kappa shape index (κ1) is 14.0. The summed E-state index contributed by atoms with van der Waals surface area (Å²) in [5.74, 6) is 0.234. The van der Waals surface area contributed by atoms with Gasteiger partial charge in [-0.15, -0.1) is 0 Å². The van der Waals surface area contributed by atoms with Gasteiger partial charge < -0.3 is 10.1 Å². The van der Waals surface area contributed by atoms with E-state index < -0.39 is 0 Å². The molecule has 0 saturated carbocycles. The van der Waals surface area contributed by atoms with Crippen LogP contribution in [-0.2, 0) is 0 Å². The monoisotopic (exact) mass is 323 g/mol. The zero-order valence-electron chi connectivity index (χ0n) is 10.8. The highest BCUT2D eigenvalue weighted by Crippen LogP contribution is 2.31. The van der Waals surface area contributed by atoms with E-state index in [0.29, 0.717) is 11.3 Å². The largest absolute Gasteiger partial charge is 0.497 e. The number of hydrogen-bond donors (Lipinski definition) is 1. The Bertz CT molecular complexity index is 574. The second-order valence-electron chi connectivity index (χ2n) is 4.13. The molecule has 0 amide bonds. The van der Waals surface area contributed by atoms with Crippen LogP contribution in [0.1, 0.15) is 17.2 Å². The van der Waals surface area contributed by atoms with Gasteiger partial charge in [-0.3, -0.25) is 0 Å². The van der Waals surface area contributed by atoms with Crippen molar-refractivity contribution in [3.63, 3.8) is 0 Å². The topological polar surface area (TPSA) is 21.3 Å². The number of rotatable bonds is 4. The number of hydrogen-bond acceptors (Lipinski definition) is 2. The van der Waals surface area contributed by atoms with Crippen LogP contribution in [0.5, 0.6) is 5.75 Å². The Morgan fingerprint density at radius 3 is 2.47 bits per heavy atom. The molecule has 19 heavy (non-hydrogen) atoms. The molecule has 1 atom stereocenters. The predicted octanol–water partition coefficient (Wildman–Crippen LogP) is 3.91. The molecule has 2 nitrogen and oxygen atoms in total. The van der Waals surface area contributed by atoms with Crippen LogP contribution >= 0.6 is 15.9 Å². The van der Waals surface area contributed by atoms with Gasteiger partial charge in [0.15, 0.2) is 0 Å². The molecule has 4 heteroatoms. The minimum absolute atomic E-state index is 0.207. The van der Waals surface area contributed by atoms with Gasteiger partial charge in [0.2, 0.25) is 0 Å². The van der Waals surface area contributed by atoms with Crippen LogP contribution in [0.4, 0.5) is 4.39 Å². The quantitative estimate of drug-likeness (QED) is 0.921. The maximum Gasteiger partial charge on any atom is 0.132 e. The predicted molar refractivity (Wildman–Crippen MR) is 78.0 cm³/mol. The smallest absolute Gasteiger partial charge is 0.132 e. The van der Waals surface area contributed by atoms with Crippen molar-refractivity contribution in [1.29, 1.82) is 0 Å². The highest BCUT2D eigenvalue weighted by atomic mass is 79.9. The van der Waals surface area contributed by atoms with Crippen LogP contribution in [0.3, 0.4) is 0 Å². The van der Waals surface area contributed by atoms with Gasteiger partial charge in [0.05, 0.1) is 13.2 Å². The number of nitrogens with one attached hydrogen (secondary N) is 1. The molecule has 0 fully saturated rings. The summed E-state index contributed by atoms with van der Waals surface area (Å²) in [6.07, 6.45) is 0. The average Bonchev–Trinajstić information content (AvgIpc) is 2.43. The van der Waals surface area contributed by atoms with Crippen molar-refractivity contribution in [3.8, 4) is 5.75 Å². The van der Waals surface area contributed by atoms with E-state index >= 15 is 0 Å². The molecule has 0 aliphatic rings. The first-order valence-corrected chi connectivity index (χ1v) is 6.71. The summed E-state index contributed by atoms with van der Waals surface area (Å²) < 4.78 is 20.1. The van der Waals surface area contributed by atoms with Gasteiger partial charge in [-0.25, -0.2) is 4.39 Å². The van der Waals surface area contributed by atoms with Crippen molar-refractivity contribution in [2.45, 2.75) is 6.04 Å². The van der Waals surface area contributed by atoms with E-state index in [0.717, 1.165) is 10.0 Å². The molecule has 0 aromatic heterocycles. The van der Waals surface area contributed by atoms with Gasteiger partial charge in [0.25, 0.3) is 0 Å². The third kappa shape index (κ3) is 2.96. The second-order valence-corrected chi connectivity index (χ2v) is 4.98. The lowest BCUT2D eigenvalue weighted by atomic mass is 9.98. The summed E-state index contributed by atoms with van der Waals surface area (Å²) in [7, 11) is 3.34. The Balaban J connectivity index is 2.46. The van der Waals surface area contributed by atoms with Gasteiger partial charge in [-0.1, -0.05) is 40.2 Å². The first-order valence-electron chi connectivity index (χ1n) is 5.92. The van der Waals surface area contributed by atoms with E-state index in [1.165, 1.54) is 13.2 Å². The molecular formula is C15H15BrFNO. The molecule has 100 valence electrons. The molecular weight excluding hydrogens is 309 g/mol. The van der Waals surface area contributed by atoms with E-state index in [9.17, 15) is 4.39 Å². The molecule has 0 saturated heterocycles. The Morgan fingerprint density at radius 1 is 1.16 bits per heavy atom. The van der Waals surface area contributed by atoms with Crippen molar-refractivity contribution in [3.05, 3.63) is 63.9 Å². The van der Waals surface area contributed by atoms with E-state index in [1.54, 1.807) is 12.1 Å². The van der Waals surface area contributed by atoms with Gasteiger partial charge in [-0.05, 0) is 24.7 Å². The van der Waals surface area contributed by atoms with E-state index in [4.69, 9.17) is 4.74 Å². The lowest BCUT2D eigenvalue weighted by Gasteiger charge is -2.19. The van der Waals surface area contributed by atoms with Crippen LogP contribution in [0.15, 0.2) is 46.9 Å². The van der Waals surface area contributed by atoms with Crippen LogP contribution in [0, 0.1) is 5.82 Å². The minimum Gasteiger partial charge on any atom is -0.497 e. The van der Waals surface area contributed by atoms with Crippen molar-refractivity contribution >= 4 is 15.9 Å². The Hall–Kier alpha value is -1.39. The normalized spacial score (nSPS) is 12.2. The van der Waals surface area contributed by atoms with Crippen molar-refractivity contribution in [2.75, 3.05) is 14.2 Å². The fraction of sp³-hybridized carbons (Fsp3) is 0.200. The summed E-state index contributed by atoms with van der Waals surface area (Å²) in [6, 6.07) is 12.5. The third-order valence-corrected chi connectivity index (χ3v) is 3.75. The number of benzene rings is 2. The molecule has 2 aromatic rings. The number of halogens is 2. The molecule has 0 aliphatic heterocycles. The van der Waals surface area contributed by atoms with Gasteiger partial charge >= 0.3 is 0 Å². The highest BCUT2D eigenvalue weighted by molar-refractivity contribution is 9.10. The fourth-order valence-corrected chi connectivity index (χ4v) is 2.57. The second kappa shape index (κ2) is 6.17. The van der Waals surface area contributed by atoms with Gasteiger partial charge in [-0.2, -0.15) is 0 Å². The zero-order valence-corrected chi connectivity index (χ0v) is 12.4. The maximum atomic E-state index is 14.2. The molecule has 0 spiro atoms. The van der Waals surface area contributed by atoms with Crippen molar-refractivity contribution in [2.24, 2.45) is 0 Å². The summed E-state index contributed by atoms with van der Waals surface area (Å²) in [4.78, 5) is 0. The molecule has 0 radical (unpaired) electrons.